The Labute approximate surface area is 212 Å². The zero-order chi connectivity index (χ0) is 27.3. The molecule has 0 aliphatic heterocycles. The maximum Gasteiger partial charge on any atom is 0.342 e. The predicted octanol–water partition coefficient (Wildman–Crippen LogP) is 5.03. The van der Waals surface area contributed by atoms with Gasteiger partial charge < -0.3 is 28.4 Å². The molecule has 194 valence electrons. The molecule has 36 heavy (non-hydrogen) atoms. The van der Waals surface area contributed by atoms with Crippen LogP contribution in [0, 0.1) is 11.8 Å². The van der Waals surface area contributed by atoms with Crippen LogP contribution in [-0.2, 0) is 9.47 Å². The minimum absolute atomic E-state index is 0.218. The van der Waals surface area contributed by atoms with Gasteiger partial charge >= 0.3 is 11.9 Å². The molecule has 0 aliphatic carbocycles. The van der Waals surface area contributed by atoms with E-state index in [9.17, 15) is 9.59 Å². The van der Waals surface area contributed by atoms with Crippen LogP contribution in [0.1, 0.15) is 73.4 Å². The van der Waals surface area contributed by atoms with Crippen molar-refractivity contribution in [3.8, 4) is 34.8 Å². The molecule has 0 spiro atoms. The highest BCUT2D eigenvalue weighted by Gasteiger charge is 2.24. The number of carbonyl (C=O) groups excluding carboxylic acids is 2. The van der Waals surface area contributed by atoms with Crippen molar-refractivity contribution in [3.63, 3.8) is 0 Å². The van der Waals surface area contributed by atoms with Gasteiger partial charge in [-0.05, 0) is 53.7 Å². The van der Waals surface area contributed by atoms with Crippen molar-refractivity contribution < 1.29 is 38.0 Å². The molecule has 2 aromatic rings. The lowest BCUT2D eigenvalue weighted by Gasteiger charge is -2.21. The highest BCUT2D eigenvalue weighted by molar-refractivity contribution is 5.94. The Balaban J connectivity index is 2.56. The Morgan fingerprint density at radius 2 is 0.861 bits per heavy atom. The van der Waals surface area contributed by atoms with Gasteiger partial charge in [0.05, 0.1) is 39.6 Å². The molecule has 0 N–H and O–H groups in total. The van der Waals surface area contributed by atoms with Crippen molar-refractivity contribution in [2.75, 3.05) is 28.4 Å². The third-order valence-corrected chi connectivity index (χ3v) is 4.61. The number of methoxy groups -OCH3 is 4. The molecular weight excluding hydrogens is 464 g/mol. The molecule has 0 atom stereocenters. The molecule has 0 saturated heterocycles. The molecule has 8 heteroatoms. The van der Waals surface area contributed by atoms with Crippen LogP contribution in [0.4, 0.5) is 0 Å². The second-order valence-corrected chi connectivity index (χ2v) is 9.76. The second kappa shape index (κ2) is 11.3. The van der Waals surface area contributed by atoms with E-state index in [4.69, 9.17) is 28.4 Å². The van der Waals surface area contributed by atoms with Crippen LogP contribution in [0.3, 0.4) is 0 Å². The number of carbonyl (C=O) groups is 2. The van der Waals surface area contributed by atoms with E-state index in [0.717, 1.165) is 0 Å². The molecule has 0 unspecified atom stereocenters. The first-order chi connectivity index (χ1) is 16.7. The fourth-order valence-corrected chi connectivity index (χ4v) is 3.11. The second-order valence-electron chi connectivity index (χ2n) is 9.76. The molecular formula is C28H34O8. The molecule has 0 aromatic heterocycles. The van der Waals surface area contributed by atoms with E-state index < -0.39 is 23.1 Å². The van der Waals surface area contributed by atoms with Crippen molar-refractivity contribution in [3.05, 3.63) is 46.5 Å². The van der Waals surface area contributed by atoms with Crippen molar-refractivity contribution in [1.82, 2.24) is 0 Å². The maximum absolute atomic E-state index is 12.7. The van der Waals surface area contributed by atoms with E-state index in [-0.39, 0.29) is 11.1 Å². The maximum atomic E-state index is 12.7. The monoisotopic (exact) mass is 498 g/mol. The Bertz CT molecular complexity index is 1100. The van der Waals surface area contributed by atoms with Gasteiger partial charge in [0, 0.05) is 12.1 Å². The minimum Gasteiger partial charge on any atom is -0.496 e. The van der Waals surface area contributed by atoms with Crippen LogP contribution in [0.5, 0.6) is 23.0 Å². The average Bonchev–Trinajstić information content (AvgIpc) is 2.79. The Hall–Kier alpha value is -3.86. The Morgan fingerprint density at radius 1 is 0.556 bits per heavy atom. The van der Waals surface area contributed by atoms with Gasteiger partial charge in [0.15, 0.2) is 0 Å². The van der Waals surface area contributed by atoms with Crippen LogP contribution in [0.2, 0.25) is 0 Å². The molecule has 0 heterocycles. The van der Waals surface area contributed by atoms with Gasteiger partial charge in [0.2, 0.25) is 0 Å². The van der Waals surface area contributed by atoms with Gasteiger partial charge in [-0.25, -0.2) is 9.59 Å². The van der Waals surface area contributed by atoms with E-state index in [1.54, 1.807) is 53.7 Å². The predicted molar refractivity (Wildman–Crippen MR) is 135 cm³/mol. The largest absolute Gasteiger partial charge is 0.496 e. The van der Waals surface area contributed by atoms with Gasteiger partial charge in [0.1, 0.15) is 45.3 Å². The van der Waals surface area contributed by atoms with Crippen molar-refractivity contribution in [1.29, 1.82) is 0 Å². The fraction of sp³-hybridized carbons (Fsp3) is 0.429. The zero-order valence-electron chi connectivity index (χ0n) is 22.6. The molecule has 0 aliphatic rings. The topological polar surface area (TPSA) is 89.5 Å². The molecule has 0 fully saturated rings. The van der Waals surface area contributed by atoms with E-state index >= 15 is 0 Å². The van der Waals surface area contributed by atoms with Gasteiger partial charge in [-0.15, -0.1) is 0 Å². The van der Waals surface area contributed by atoms with Gasteiger partial charge in [0.25, 0.3) is 0 Å². The molecule has 8 nitrogen and oxygen atoms in total. The standard InChI is InChI=1S/C28H34O8/c1-27(2,3)35-25(29)19-15-21(31-7)17(13-23(19)33-9)11-12-18-14-24(34-10)20(16-22(18)32-8)26(30)36-28(4,5)6/h13-16H,1-10H3. The SMILES string of the molecule is COc1cc(C(=O)OC(C)(C)C)c(OC)cc1C#Cc1cc(OC)c(C(=O)OC(C)(C)C)cc1OC. The summed E-state index contributed by atoms with van der Waals surface area (Å²) < 4.78 is 32.7. The van der Waals surface area contributed by atoms with Gasteiger partial charge in [-0.3, -0.25) is 0 Å². The van der Waals surface area contributed by atoms with Crippen molar-refractivity contribution in [2.24, 2.45) is 0 Å². The van der Waals surface area contributed by atoms with E-state index in [1.165, 1.54) is 40.6 Å². The summed E-state index contributed by atoms with van der Waals surface area (Å²) in [4.78, 5) is 25.3. The third-order valence-electron chi connectivity index (χ3n) is 4.61. The van der Waals surface area contributed by atoms with Crippen molar-refractivity contribution in [2.45, 2.75) is 52.7 Å². The molecule has 2 aromatic carbocycles. The summed E-state index contributed by atoms with van der Waals surface area (Å²) in [5.74, 6) is 6.27. The summed E-state index contributed by atoms with van der Waals surface area (Å²) >= 11 is 0. The molecule has 2 rings (SSSR count). The summed E-state index contributed by atoms with van der Waals surface area (Å²) in [5.41, 5.74) is 0.0356. The first-order valence-electron chi connectivity index (χ1n) is 11.2. The van der Waals surface area contributed by atoms with E-state index in [1.807, 2.05) is 0 Å². The van der Waals surface area contributed by atoms with Crippen molar-refractivity contribution >= 4 is 11.9 Å². The highest BCUT2D eigenvalue weighted by atomic mass is 16.6. The number of benzene rings is 2. The minimum atomic E-state index is -0.672. The van der Waals surface area contributed by atoms with Crippen LogP contribution in [-0.4, -0.2) is 51.6 Å². The number of esters is 2. The zero-order valence-corrected chi connectivity index (χ0v) is 22.6. The van der Waals surface area contributed by atoms with Gasteiger partial charge in [-0.2, -0.15) is 0 Å². The van der Waals surface area contributed by atoms with E-state index in [2.05, 4.69) is 11.8 Å². The molecule has 0 bridgehead atoms. The normalized spacial score (nSPS) is 11.1. The first-order valence-corrected chi connectivity index (χ1v) is 11.2. The average molecular weight is 499 g/mol. The Morgan fingerprint density at radius 3 is 1.11 bits per heavy atom. The summed E-state index contributed by atoms with van der Waals surface area (Å²) in [5, 5.41) is 0. The highest BCUT2D eigenvalue weighted by Crippen LogP contribution is 2.32. The summed E-state index contributed by atoms with van der Waals surface area (Å²) in [7, 11) is 5.86. The number of ether oxygens (including phenoxy) is 6. The van der Waals surface area contributed by atoms with Crippen LogP contribution in [0.15, 0.2) is 24.3 Å². The van der Waals surface area contributed by atoms with E-state index in [0.29, 0.717) is 34.1 Å². The number of rotatable bonds is 6. The molecule has 0 amide bonds. The van der Waals surface area contributed by atoms with Crippen LogP contribution in [0.25, 0.3) is 0 Å². The smallest absolute Gasteiger partial charge is 0.342 e. The Kier molecular flexibility index (Phi) is 8.87. The lowest BCUT2D eigenvalue weighted by atomic mass is 10.1. The molecule has 0 radical (unpaired) electrons. The first kappa shape index (κ1) is 28.4. The van der Waals surface area contributed by atoms with Gasteiger partial charge in [-0.1, -0.05) is 11.8 Å². The number of hydrogen-bond acceptors (Lipinski definition) is 8. The quantitative estimate of drug-likeness (QED) is 0.405. The lowest BCUT2D eigenvalue weighted by molar-refractivity contribution is 0.00534. The lowest BCUT2D eigenvalue weighted by Crippen LogP contribution is -2.24. The molecule has 0 saturated carbocycles. The number of hydrogen-bond donors (Lipinski definition) is 0. The fourth-order valence-electron chi connectivity index (χ4n) is 3.11. The van der Waals surface area contributed by atoms with Crippen LogP contribution < -0.4 is 18.9 Å². The summed E-state index contributed by atoms with van der Waals surface area (Å²) in [6.07, 6.45) is 0. The summed E-state index contributed by atoms with van der Waals surface area (Å²) in [6, 6.07) is 6.26. The summed E-state index contributed by atoms with van der Waals surface area (Å²) in [6.45, 7) is 10.7. The third kappa shape index (κ3) is 7.32. The van der Waals surface area contributed by atoms with Crippen LogP contribution >= 0.6 is 0 Å².